The van der Waals surface area contributed by atoms with Crippen LogP contribution in [0.2, 0.25) is 0 Å². The predicted molar refractivity (Wildman–Crippen MR) is 141 cm³/mol. The lowest BCUT2D eigenvalue weighted by Gasteiger charge is -2.08. The van der Waals surface area contributed by atoms with E-state index in [1.807, 2.05) is 0 Å². The Balaban J connectivity index is 1.41. The first-order valence-corrected chi connectivity index (χ1v) is 12.8. The fourth-order valence-corrected chi connectivity index (χ4v) is 5.88. The Labute approximate surface area is 244 Å². The Morgan fingerprint density at radius 1 is 0.304 bits per heavy atom. The van der Waals surface area contributed by atoms with Crippen molar-refractivity contribution < 1.29 is 61.5 Å². The Bertz CT molecular complexity index is 2540. The van der Waals surface area contributed by atoms with Gasteiger partial charge in [0.2, 0.25) is 0 Å². The molecule has 2 heterocycles. The highest BCUT2D eigenvalue weighted by molar-refractivity contribution is 6.18. The zero-order valence-electron chi connectivity index (χ0n) is 21.8. The van der Waals surface area contributed by atoms with Crippen LogP contribution in [0.3, 0.4) is 0 Å². The first-order chi connectivity index (χ1) is 21.8. The van der Waals surface area contributed by atoms with Gasteiger partial charge in [-0.25, -0.2) is 52.7 Å². The van der Waals surface area contributed by atoms with Crippen LogP contribution in [0.4, 0.5) is 52.7 Å². The molecular formula is C32H6F12O2. The van der Waals surface area contributed by atoms with Crippen molar-refractivity contribution in [1.29, 1.82) is 0 Å². The molecule has 0 bridgehead atoms. The molecule has 0 saturated carbocycles. The van der Waals surface area contributed by atoms with Gasteiger partial charge in [0.25, 0.3) is 0 Å². The maximum atomic E-state index is 15.3. The van der Waals surface area contributed by atoms with E-state index in [9.17, 15) is 43.9 Å². The van der Waals surface area contributed by atoms with E-state index in [1.165, 1.54) is 36.4 Å². The first-order valence-electron chi connectivity index (χ1n) is 12.8. The van der Waals surface area contributed by atoms with Crippen molar-refractivity contribution >= 4 is 65.4 Å². The van der Waals surface area contributed by atoms with Crippen LogP contribution in [-0.4, -0.2) is 0 Å². The summed E-state index contributed by atoms with van der Waals surface area (Å²) in [6.45, 7) is 0. The molecule has 2 aromatic heterocycles. The molecule has 0 atom stereocenters. The second-order valence-electron chi connectivity index (χ2n) is 10.3. The minimum atomic E-state index is -2.36. The van der Waals surface area contributed by atoms with Gasteiger partial charge in [0.15, 0.2) is 69.8 Å². The summed E-state index contributed by atoms with van der Waals surface area (Å²) >= 11 is 0. The van der Waals surface area contributed by atoms with Crippen LogP contribution in [0.15, 0.2) is 45.2 Å². The molecule has 8 aromatic rings. The molecule has 0 fully saturated rings. The highest BCUT2D eigenvalue weighted by atomic mass is 19.2. The molecule has 0 aliphatic heterocycles. The van der Waals surface area contributed by atoms with Crippen molar-refractivity contribution in [3.05, 3.63) is 106 Å². The van der Waals surface area contributed by atoms with Gasteiger partial charge < -0.3 is 8.83 Å². The summed E-state index contributed by atoms with van der Waals surface area (Å²) in [7, 11) is 0. The maximum absolute atomic E-state index is 15.3. The molecule has 0 amide bonds. The molecule has 8 rings (SSSR count). The molecule has 230 valence electrons. The monoisotopic (exact) mass is 650 g/mol. The van der Waals surface area contributed by atoms with Gasteiger partial charge in [0.05, 0.1) is 32.3 Å². The van der Waals surface area contributed by atoms with E-state index in [1.54, 1.807) is 0 Å². The van der Waals surface area contributed by atoms with Gasteiger partial charge in [-0.05, 0) is 35.4 Å². The molecule has 46 heavy (non-hydrogen) atoms. The average Bonchev–Trinajstić information content (AvgIpc) is 3.62. The van der Waals surface area contributed by atoms with Crippen molar-refractivity contribution in [2.45, 2.75) is 0 Å². The number of furan rings is 2. The summed E-state index contributed by atoms with van der Waals surface area (Å²) in [5.41, 5.74) is -1.86. The van der Waals surface area contributed by atoms with Crippen molar-refractivity contribution in [3.8, 4) is 11.1 Å². The van der Waals surface area contributed by atoms with Crippen LogP contribution in [0.25, 0.3) is 76.5 Å². The lowest BCUT2D eigenvalue weighted by molar-refractivity contribution is 0.415. The van der Waals surface area contributed by atoms with Crippen LogP contribution in [0.5, 0.6) is 0 Å². The molecule has 0 unspecified atom stereocenters. The zero-order chi connectivity index (χ0) is 32.7. The normalized spacial score (nSPS) is 12.3. The van der Waals surface area contributed by atoms with Crippen LogP contribution in [0.1, 0.15) is 0 Å². The average molecular weight is 650 g/mol. The van der Waals surface area contributed by atoms with E-state index in [-0.39, 0.29) is 33.1 Å². The van der Waals surface area contributed by atoms with Gasteiger partial charge in [0, 0.05) is 10.8 Å². The molecule has 0 saturated heterocycles. The van der Waals surface area contributed by atoms with E-state index in [0.29, 0.717) is 0 Å². The number of hydrogen-bond donors (Lipinski definition) is 0. The Morgan fingerprint density at radius 2 is 0.587 bits per heavy atom. The van der Waals surface area contributed by atoms with E-state index in [4.69, 9.17) is 8.83 Å². The standard InChI is InChI=1S/C32H6F12O2/c33-19-13-9-5-7(1-3-11(9)45-31(13)17-15(21(19)35)23(37)27(41)29(43)25(17)39)8-2-4-12-10(6-8)14-20(34)22(36)16-18(32(14)46-12)26(40)30(44)28(42)24(16)38/h1-6H. The molecule has 0 spiro atoms. The van der Waals surface area contributed by atoms with Gasteiger partial charge >= 0.3 is 0 Å². The van der Waals surface area contributed by atoms with E-state index in [2.05, 4.69) is 0 Å². The van der Waals surface area contributed by atoms with Crippen LogP contribution >= 0.6 is 0 Å². The summed E-state index contributed by atoms with van der Waals surface area (Å²) in [5, 5.41) is -7.42. The summed E-state index contributed by atoms with van der Waals surface area (Å²) in [4.78, 5) is 0. The highest BCUT2D eigenvalue weighted by Crippen LogP contribution is 2.44. The second kappa shape index (κ2) is 9.08. The van der Waals surface area contributed by atoms with Gasteiger partial charge in [0.1, 0.15) is 22.3 Å². The number of rotatable bonds is 1. The first kappa shape index (κ1) is 28.1. The number of hydrogen-bond acceptors (Lipinski definition) is 2. The topological polar surface area (TPSA) is 26.3 Å². The molecular weight excluding hydrogens is 644 g/mol. The highest BCUT2D eigenvalue weighted by Gasteiger charge is 2.32. The molecule has 6 aromatic carbocycles. The Morgan fingerprint density at radius 3 is 0.935 bits per heavy atom. The van der Waals surface area contributed by atoms with Crippen LogP contribution in [-0.2, 0) is 0 Å². The third-order valence-corrected chi connectivity index (χ3v) is 7.96. The zero-order valence-corrected chi connectivity index (χ0v) is 21.8. The largest absolute Gasteiger partial charge is 0.455 e. The minimum absolute atomic E-state index is 0.135. The molecule has 2 nitrogen and oxygen atoms in total. The van der Waals surface area contributed by atoms with Crippen LogP contribution in [0, 0.1) is 69.8 Å². The van der Waals surface area contributed by atoms with Crippen LogP contribution < -0.4 is 0 Å². The molecule has 0 radical (unpaired) electrons. The summed E-state index contributed by atoms with van der Waals surface area (Å²) < 4.78 is 186. The van der Waals surface area contributed by atoms with E-state index >= 15 is 8.78 Å². The third-order valence-electron chi connectivity index (χ3n) is 7.96. The van der Waals surface area contributed by atoms with Crippen molar-refractivity contribution in [2.24, 2.45) is 0 Å². The van der Waals surface area contributed by atoms with Gasteiger partial charge in [-0.15, -0.1) is 0 Å². The predicted octanol–water partition coefficient (Wildman–Crippen LogP) is 11.1. The molecule has 14 heteroatoms. The van der Waals surface area contributed by atoms with Gasteiger partial charge in [-0.1, -0.05) is 12.1 Å². The lowest BCUT2D eigenvalue weighted by Crippen LogP contribution is -2.02. The van der Waals surface area contributed by atoms with E-state index < -0.39 is 113 Å². The SMILES string of the molecule is Fc1c(F)c(F)c2c(c1F)c(F)c(F)c1c3cc(-c4ccc5oc6c7c(F)c(F)c(F)c(F)c7c(F)c(F)c6c5c4)ccc3oc21. The Kier molecular flexibility index (Phi) is 5.55. The van der Waals surface area contributed by atoms with E-state index in [0.717, 1.165) is 0 Å². The smallest absolute Gasteiger partial charge is 0.198 e. The van der Waals surface area contributed by atoms with Gasteiger partial charge in [-0.3, -0.25) is 0 Å². The molecule has 0 aliphatic rings. The summed E-state index contributed by atoms with van der Waals surface area (Å²) in [5.74, 6) is -25.3. The fourth-order valence-electron chi connectivity index (χ4n) is 5.88. The van der Waals surface area contributed by atoms with Crippen molar-refractivity contribution in [3.63, 3.8) is 0 Å². The maximum Gasteiger partial charge on any atom is 0.198 e. The summed E-state index contributed by atoms with van der Waals surface area (Å²) in [6, 6.07) is 7.35. The molecule has 0 aliphatic carbocycles. The number of benzene rings is 6. The fraction of sp³-hybridized carbons (Fsp3) is 0. The lowest BCUT2D eigenvalue weighted by atomic mass is 9.98. The quantitative estimate of drug-likeness (QED) is 0.100. The van der Waals surface area contributed by atoms with Crippen molar-refractivity contribution in [2.75, 3.05) is 0 Å². The Hall–Kier alpha value is -5.40. The molecule has 0 N–H and O–H groups in total. The second-order valence-corrected chi connectivity index (χ2v) is 10.3. The van der Waals surface area contributed by atoms with Gasteiger partial charge in [-0.2, -0.15) is 0 Å². The summed E-state index contributed by atoms with van der Waals surface area (Å²) in [6.07, 6.45) is 0. The van der Waals surface area contributed by atoms with Crippen molar-refractivity contribution in [1.82, 2.24) is 0 Å². The minimum Gasteiger partial charge on any atom is -0.455 e. The number of fused-ring (bicyclic) bond motifs is 10. The third kappa shape index (κ3) is 3.30. The number of halogens is 12.